The molecule has 0 saturated carbocycles. The van der Waals surface area contributed by atoms with Crippen LogP contribution in [-0.4, -0.2) is 9.55 Å². The monoisotopic (exact) mass is 283 g/mol. The highest BCUT2D eigenvalue weighted by atomic mass is 35.5. The van der Waals surface area contributed by atoms with Gasteiger partial charge in [0.25, 0.3) is 0 Å². The van der Waals surface area contributed by atoms with Gasteiger partial charge < -0.3 is 5.32 Å². The Bertz CT molecular complexity index is 720. The highest BCUT2D eigenvalue weighted by Gasteiger charge is 2.06. The van der Waals surface area contributed by atoms with Crippen molar-refractivity contribution in [1.29, 1.82) is 0 Å². The van der Waals surface area contributed by atoms with Gasteiger partial charge in [-0.05, 0) is 36.8 Å². The zero-order chi connectivity index (χ0) is 13.9. The number of para-hydroxylation sites is 1. The number of aryl methyl sites for hydroxylation is 1. The molecule has 0 fully saturated rings. The van der Waals surface area contributed by atoms with E-state index in [1.54, 1.807) is 6.20 Å². The first kappa shape index (κ1) is 12.8. The normalized spacial score (nSPS) is 10.5. The minimum atomic E-state index is 0.752. The molecule has 0 aliphatic rings. The molecule has 0 radical (unpaired) electrons. The summed E-state index contributed by atoms with van der Waals surface area (Å²) in [6, 6.07) is 15.9. The van der Waals surface area contributed by atoms with Crippen molar-refractivity contribution in [1.82, 2.24) is 9.55 Å². The molecule has 20 heavy (non-hydrogen) atoms. The zero-order valence-electron chi connectivity index (χ0n) is 11.0. The summed E-state index contributed by atoms with van der Waals surface area (Å²) in [5, 5.41) is 4.05. The first-order valence-corrected chi connectivity index (χ1v) is 6.74. The second-order valence-electron chi connectivity index (χ2n) is 4.55. The summed E-state index contributed by atoms with van der Waals surface area (Å²) in [7, 11) is 0. The van der Waals surface area contributed by atoms with Gasteiger partial charge in [0.1, 0.15) is 0 Å². The second kappa shape index (κ2) is 5.39. The Morgan fingerprint density at radius 2 is 1.90 bits per heavy atom. The number of anilines is 2. The Morgan fingerprint density at radius 3 is 2.65 bits per heavy atom. The summed E-state index contributed by atoms with van der Waals surface area (Å²) < 4.78 is 1.97. The van der Waals surface area contributed by atoms with Crippen molar-refractivity contribution in [3.05, 3.63) is 71.5 Å². The quantitative estimate of drug-likeness (QED) is 0.762. The van der Waals surface area contributed by atoms with Crippen molar-refractivity contribution in [3.63, 3.8) is 0 Å². The lowest BCUT2D eigenvalue weighted by Crippen LogP contribution is -2.01. The molecule has 100 valence electrons. The standard InChI is InChI=1S/C16H14ClN3/c1-12-7-8-14(11-15(12)17)20-10-9-18-16(20)19-13-5-3-2-4-6-13/h2-11H,1H3,(H,18,19). The number of aromatic nitrogens is 2. The first-order valence-electron chi connectivity index (χ1n) is 6.36. The third-order valence-corrected chi connectivity index (χ3v) is 3.51. The maximum absolute atomic E-state index is 6.19. The molecule has 0 aliphatic heterocycles. The minimum absolute atomic E-state index is 0.752. The van der Waals surface area contributed by atoms with E-state index in [1.165, 1.54) is 0 Å². The number of imidazole rings is 1. The number of nitrogens with one attached hydrogen (secondary N) is 1. The fourth-order valence-corrected chi connectivity index (χ4v) is 2.16. The molecule has 1 heterocycles. The van der Waals surface area contributed by atoms with Gasteiger partial charge in [0.15, 0.2) is 0 Å². The average molecular weight is 284 g/mol. The summed E-state index contributed by atoms with van der Waals surface area (Å²) in [4.78, 5) is 4.35. The predicted octanol–water partition coefficient (Wildman–Crippen LogP) is 4.58. The molecule has 0 aliphatic carbocycles. The van der Waals surface area contributed by atoms with E-state index in [1.807, 2.05) is 66.2 Å². The summed E-state index contributed by atoms with van der Waals surface area (Å²) in [6.45, 7) is 1.99. The maximum Gasteiger partial charge on any atom is 0.212 e. The Hall–Kier alpha value is -2.26. The lowest BCUT2D eigenvalue weighted by molar-refractivity contribution is 1.06. The van der Waals surface area contributed by atoms with E-state index in [2.05, 4.69) is 10.3 Å². The van der Waals surface area contributed by atoms with Crippen LogP contribution in [-0.2, 0) is 0 Å². The SMILES string of the molecule is Cc1ccc(-n2ccnc2Nc2ccccc2)cc1Cl. The highest BCUT2D eigenvalue weighted by molar-refractivity contribution is 6.31. The van der Waals surface area contributed by atoms with Crippen LogP contribution in [0.1, 0.15) is 5.56 Å². The second-order valence-corrected chi connectivity index (χ2v) is 4.95. The summed E-state index contributed by atoms with van der Waals surface area (Å²) in [5.41, 5.74) is 3.04. The van der Waals surface area contributed by atoms with Crippen molar-refractivity contribution in [3.8, 4) is 5.69 Å². The van der Waals surface area contributed by atoms with Crippen molar-refractivity contribution in [2.24, 2.45) is 0 Å². The largest absolute Gasteiger partial charge is 0.325 e. The third kappa shape index (κ3) is 2.53. The van der Waals surface area contributed by atoms with E-state index < -0.39 is 0 Å². The number of hydrogen-bond donors (Lipinski definition) is 1. The molecule has 0 bridgehead atoms. The minimum Gasteiger partial charge on any atom is -0.325 e. The number of halogens is 1. The molecule has 3 rings (SSSR count). The Morgan fingerprint density at radius 1 is 1.10 bits per heavy atom. The average Bonchev–Trinajstić information content (AvgIpc) is 2.91. The van der Waals surface area contributed by atoms with Gasteiger partial charge in [-0.2, -0.15) is 0 Å². The van der Waals surface area contributed by atoms with Crippen LogP contribution in [0.2, 0.25) is 5.02 Å². The van der Waals surface area contributed by atoms with Crippen molar-refractivity contribution >= 4 is 23.2 Å². The molecule has 4 heteroatoms. The first-order chi connectivity index (χ1) is 9.74. The summed E-state index contributed by atoms with van der Waals surface area (Å²) in [6.07, 6.45) is 3.67. The number of rotatable bonds is 3. The third-order valence-electron chi connectivity index (χ3n) is 3.10. The molecule has 0 unspecified atom stereocenters. The molecule has 0 saturated heterocycles. The maximum atomic E-state index is 6.19. The van der Waals surface area contributed by atoms with Crippen LogP contribution in [0.15, 0.2) is 60.9 Å². The molecular formula is C16H14ClN3. The molecule has 1 aromatic heterocycles. The van der Waals surface area contributed by atoms with E-state index in [4.69, 9.17) is 11.6 Å². The van der Waals surface area contributed by atoms with Gasteiger partial charge >= 0.3 is 0 Å². The lowest BCUT2D eigenvalue weighted by Gasteiger charge is -2.10. The Labute approximate surface area is 122 Å². The van der Waals surface area contributed by atoms with E-state index in [-0.39, 0.29) is 0 Å². The van der Waals surface area contributed by atoms with Gasteiger partial charge in [0.05, 0.1) is 0 Å². The molecule has 0 spiro atoms. The molecule has 1 N–H and O–H groups in total. The number of nitrogens with zero attached hydrogens (tertiary/aromatic N) is 2. The van der Waals surface area contributed by atoms with Gasteiger partial charge in [0.2, 0.25) is 5.95 Å². The van der Waals surface area contributed by atoms with E-state index >= 15 is 0 Å². The van der Waals surface area contributed by atoms with Gasteiger partial charge in [-0.3, -0.25) is 4.57 Å². The predicted molar refractivity (Wildman–Crippen MR) is 83.0 cm³/mol. The van der Waals surface area contributed by atoms with Crippen LogP contribution in [0.25, 0.3) is 5.69 Å². The van der Waals surface area contributed by atoms with Gasteiger partial charge in [0, 0.05) is 28.8 Å². The van der Waals surface area contributed by atoms with E-state index in [0.717, 1.165) is 27.9 Å². The molecule has 3 aromatic rings. The smallest absolute Gasteiger partial charge is 0.212 e. The van der Waals surface area contributed by atoms with Crippen molar-refractivity contribution in [2.45, 2.75) is 6.92 Å². The number of hydrogen-bond acceptors (Lipinski definition) is 2. The molecular weight excluding hydrogens is 270 g/mol. The van der Waals surface area contributed by atoms with Gasteiger partial charge in [-0.15, -0.1) is 0 Å². The molecule has 3 nitrogen and oxygen atoms in total. The van der Waals surface area contributed by atoms with E-state index in [0.29, 0.717) is 0 Å². The van der Waals surface area contributed by atoms with Gasteiger partial charge in [-0.25, -0.2) is 4.98 Å². The zero-order valence-corrected chi connectivity index (χ0v) is 11.8. The molecule has 0 atom stereocenters. The van der Waals surface area contributed by atoms with Crippen LogP contribution >= 0.6 is 11.6 Å². The van der Waals surface area contributed by atoms with Crippen LogP contribution in [0.4, 0.5) is 11.6 Å². The van der Waals surface area contributed by atoms with Gasteiger partial charge in [-0.1, -0.05) is 35.9 Å². The van der Waals surface area contributed by atoms with Crippen LogP contribution in [0.5, 0.6) is 0 Å². The molecule has 0 amide bonds. The van der Waals surface area contributed by atoms with Crippen LogP contribution < -0.4 is 5.32 Å². The molecule has 2 aromatic carbocycles. The number of benzene rings is 2. The Kier molecular flexibility index (Phi) is 3.44. The summed E-state index contributed by atoms with van der Waals surface area (Å²) in [5.74, 6) is 0.760. The fraction of sp³-hybridized carbons (Fsp3) is 0.0625. The van der Waals surface area contributed by atoms with E-state index in [9.17, 15) is 0 Å². The highest BCUT2D eigenvalue weighted by Crippen LogP contribution is 2.23. The van der Waals surface area contributed by atoms with Crippen molar-refractivity contribution < 1.29 is 0 Å². The van der Waals surface area contributed by atoms with Crippen LogP contribution in [0.3, 0.4) is 0 Å². The summed E-state index contributed by atoms with van der Waals surface area (Å²) >= 11 is 6.19. The van der Waals surface area contributed by atoms with Crippen molar-refractivity contribution in [2.75, 3.05) is 5.32 Å². The topological polar surface area (TPSA) is 29.9 Å². The fourth-order valence-electron chi connectivity index (χ4n) is 1.99. The van der Waals surface area contributed by atoms with Crippen LogP contribution in [0, 0.1) is 6.92 Å². The lowest BCUT2D eigenvalue weighted by atomic mass is 10.2. The Balaban J connectivity index is 1.95.